The summed E-state index contributed by atoms with van der Waals surface area (Å²) in [6, 6.07) is 45.8. The van der Waals surface area contributed by atoms with Crippen molar-refractivity contribution in [3.05, 3.63) is 144 Å². The van der Waals surface area contributed by atoms with Crippen LogP contribution in [0.2, 0.25) is 0 Å². The van der Waals surface area contributed by atoms with Crippen LogP contribution in [0.15, 0.2) is 127 Å². The molecular formula is C38H36. The van der Waals surface area contributed by atoms with E-state index in [0.717, 1.165) is 0 Å². The molecule has 0 heteroatoms. The van der Waals surface area contributed by atoms with E-state index >= 15 is 0 Å². The van der Waals surface area contributed by atoms with E-state index in [0.29, 0.717) is 5.92 Å². The van der Waals surface area contributed by atoms with Crippen molar-refractivity contribution in [1.29, 1.82) is 0 Å². The number of aryl methyl sites for hydroxylation is 2. The van der Waals surface area contributed by atoms with Crippen LogP contribution in [0.4, 0.5) is 0 Å². The van der Waals surface area contributed by atoms with E-state index in [-0.39, 0.29) is 0 Å². The number of hydrogen-bond acceptors (Lipinski definition) is 0. The molecule has 0 fully saturated rings. The molecule has 0 aliphatic heterocycles. The van der Waals surface area contributed by atoms with Gasteiger partial charge in [0.1, 0.15) is 0 Å². The van der Waals surface area contributed by atoms with Crippen LogP contribution in [-0.2, 0) is 0 Å². The van der Waals surface area contributed by atoms with Gasteiger partial charge in [0.25, 0.3) is 0 Å². The zero-order chi connectivity index (χ0) is 26.5. The van der Waals surface area contributed by atoms with Crippen LogP contribution in [0.1, 0.15) is 42.9 Å². The van der Waals surface area contributed by atoms with Gasteiger partial charge in [0.15, 0.2) is 0 Å². The largest absolute Gasteiger partial charge is 0.0648 e. The third-order valence-corrected chi connectivity index (χ3v) is 7.73. The molecule has 6 rings (SSSR count). The molecule has 0 radical (unpaired) electrons. The van der Waals surface area contributed by atoms with Crippen molar-refractivity contribution >= 4 is 21.5 Å². The standard InChI is InChI=1S/C28H22.C10H14/c1-19-14-17-23(25-13-7-10-21-8-3-5-11-24(21)25)18-27(19)28-20(2)15-16-22-9-4-6-12-26(22)28;1-3-9(2)10-7-5-4-6-8-10/h3-18H,1-2H3;4-9H,3H2,1-2H3. The first kappa shape index (κ1) is 25.5. The first-order valence-corrected chi connectivity index (χ1v) is 13.7. The van der Waals surface area contributed by atoms with Crippen molar-refractivity contribution in [1.82, 2.24) is 0 Å². The molecule has 188 valence electrons. The van der Waals surface area contributed by atoms with Crippen LogP contribution in [0, 0.1) is 13.8 Å². The minimum atomic E-state index is 0.709. The molecular weight excluding hydrogens is 456 g/mol. The minimum Gasteiger partial charge on any atom is -0.0648 e. The smallest absolute Gasteiger partial charge is 0.00732 e. The van der Waals surface area contributed by atoms with E-state index in [1.165, 1.54) is 66.9 Å². The molecule has 38 heavy (non-hydrogen) atoms. The second-order valence-electron chi connectivity index (χ2n) is 10.3. The summed E-state index contributed by atoms with van der Waals surface area (Å²) >= 11 is 0. The van der Waals surface area contributed by atoms with Gasteiger partial charge in [-0.3, -0.25) is 0 Å². The zero-order valence-corrected chi connectivity index (χ0v) is 22.9. The maximum atomic E-state index is 2.37. The lowest BCUT2D eigenvalue weighted by molar-refractivity contribution is 0.733. The van der Waals surface area contributed by atoms with Crippen molar-refractivity contribution in [2.24, 2.45) is 0 Å². The number of benzene rings is 6. The second kappa shape index (κ2) is 11.5. The van der Waals surface area contributed by atoms with Crippen molar-refractivity contribution in [3.8, 4) is 22.3 Å². The summed E-state index contributed by atoms with van der Waals surface area (Å²) in [5.74, 6) is 0.709. The molecule has 0 nitrogen and oxygen atoms in total. The molecule has 0 aliphatic carbocycles. The highest BCUT2D eigenvalue weighted by Crippen LogP contribution is 2.37. The summed E-state index contributed by atoms with van der Waals surface area (Å²) in [6.45, 7) is 8.90. The Bertz CT molecular complexity index is 1670. The number of rotatable bonds is 4. The van der Waals surface area contributed by atoms with Crippen LogP contribution in [0.3, 0.4) is 0 Å². The first-order valence-electron chi connectivity index (χ1n) is 13.7. The highest BCUT2D eigenvalue weighted by atomic mass is 14.2. The molecule has 1 atom stereocenters. The fourth-order valence-corrected chi connectivity index (χ4v) is 5.29. The van der Waals surface area contributed by atoms with E-state index in [2.05, 4.69) is 155 Å². The Labute approximate surface area is 227 Å². The van der Waals surface area contributed by atoms with E-state index in [1.54, 1.807) is 0 Å². The number of hydrogen-bond donors (Lipinski definition) is 0. The van der Waals surface area contributed by atoms with Crippen molar-refractivity contribution in [3.63, 3.8) is 0 Å². The molecule has 0 N–H and O–H groups in total. The predicted molar refractivity (Wildman–Crippen MR) is 167 cm³/mol. The van der Waals surface area contributed by atoms with Crippen LogP contribution < -0.4 is 0 Å². The van der Waals surface area contributed by atoms with Gasteiger partial charge in [-0.25, -0.2) is 0 Å². The van der Waals surface area contributed by atoms with Crippen LogP contribution >= 0.6 is 0 Å². The van der Waals surface area contributed by atoms with Crippen LogP contribution in [0.25, 0.3) is 43.8 Å². The van der Waals surface area contributed by atoms with Gasteiger partial charge in [-0.15, -0.1) is 0 Å². The lowest BCUT2D eigenvalue weighted by Crippen LogP contribution is -1.91. The fourth-order valence-electron chi connectivity index (χ4n) is 5.29. The maximum Gasteiger partial charge on any atom is -0.00732 e. The molecule has 6 aromatic carbocycles. The lowest BCUT2D eigenvalue weighted by Gasteiger charge is -2.16. The topological polar surface area (TPSA) is 0 Å². The van der Waals surface area contributed by atoms with Gasteiger partial charge >= 0.3 is 0 Å². The Balaban J connectivity index is 0.000000249. The van der Waals surface area contributed by atoms with Crippen molar-refractivity contribution < 1.29 is 0 Å². The molecule has 0 bridgehead atoms. The highest BCUT2D eigenvalue weighted by Gasteiger charge is 2.12. The summed E-state index contributed by atoms with van der Waals surface area (Å²) in [6.07, 6.45) is 1.23. The normalized spacial score (nSPS) is 11.7. The van der Waals surface area contributed by atoms with Gasteiger partial charge < -0.3 is 0 Å². The van der Waals surface area contributed by atoms with Gasteiger partial charge in [-0.2, -0.15) is 0 Å². The van der Waals surface area contributed by atoms with E-state index in [1.807, 2.05) is 0 Å². The molecule has 0 aliphatic rings. The van der Waals surface area contributed by atoms with E-state index in [9.17, 15) is 0 Å². The number of fused-ring (bicyclic) bond motifs is 2. The summed E-state index contributed by atoms with van der Waals surface area (Å²) in [5.41, 5.74) is 9.30. The van der Waals surface area contributed by atoms with Crippen LogP contribution in [0.5, 0.6) is 0 Å². The SMILES string of the molecule is CCC(C)c1ccccc1.Cc1ccc(-c2cccc3ccccc23)cc1-c1c(C)ccc2ccccc12. The average molecular weight is 493 g/mol. The zero-order valence-electron chi connectivity index (χ0n) is 22.9. The van der Waals surface area contributed by atoms with Gasteiger partial charge in [-0.05, 0) is 92.7 Å². The van der Waals surface area contributed by atoms with Gasteiger partial charge in [0.05, 0.1) is 0 Å². The van der Waals surface area contributed by atoms with Crippen molar-refractivity contribution in [2.75, 3.05) is 0 Å². The predicted octanol–water partition coefficient (Wildman–Crippen LogP) is 11.1. The van der Waals surface area contributed by atoms with Crippen LogP contribution in [-0.4, -0.2) is 0 Å². The summed E-state index contributed by atoms with van der Waals surface area (Å²) < 4.78 is 0. The Kier molecular flexibility index (Phi) is 7.70. The monoisotopic (exact) mass is 492 g/mol. The Morgan fingerprint density at radius 3 is 1.87 bits per heavy atom. The minimum absolute atomic E-state index is 0.709. The Morgan fingerprint density at radius 2 is 1.13 bits per heavy atom. The lowest BCUT2D eigenvalue weighted by atomic mass is 9.88. The molecule has 0 saturated carbocycles. The summed E-state index contributed by atoms with van der Waals surface area (Å²) in [7, 11) is 0. The summed E-state index contributed by atoms with van der Waals surface area (Å²) in [5, 5.41) is 5.19. The van der Waals surface area contributed by atoms with Gasteiger partial charge in [-0.1, -0.05) is 135 Å². The molecule has 0 heterocycles. The third kappa shape index (κ3) is 5.27. The fraction of sp³-hybridized carbons (Fsp3) is 0.158. The maximum absolute atomic E-state index is 2.37. The highest BCUT2D eigenvalue weighted by molar-refractivity contribution is 6.01. The second-order valence-corrected chi connectivity index (χ2v) is 10.3. The molecule has 1 unspecified atom stereocenters. The van der Waals surface area contributed by atoms with Gasteiger partial charge in [0, 0.05) is 0 Å². The Morgan fingerprint density at radius 1 is 0.526 bits per heavy atom. The van der Waals surface area contributed by atoms with Gasteiger partial charge in [0.2, 0.25) is 0 Å². The van der Waals surface area contributed by atoms with E-state index in [4.69, 9.17) is 0 Å². The molecule has 0 aromatic heterocycles. The Hall–Kier alpha value is -4.16. The summed E-state index contributed by atoms with van der Waals surface area (Å²) in [4.78, 5) is 0. The molecule has 0 saturated heterocycles. The molecule has 0 spiro atoms. The van der Waals surface area contributed by atoms with E-state index < -0.39 is 0 Å². The third-order valence-electron chi connectivity index (χ3n) is 7.73. The molecule has 6 aromatic rings. The molecule has 0 amide bonds. The quantitative estimate of drug-likeness (QED) is 0.229. The van der Waals surface area contributed by atoms with Crippen molar-refractivity contribution in [2.45, 2.75) is 40.0 Å². The average Bonchev–Trinajstić information content (AvgIpc) is 2.98. The first-order chi connectivity index (χ1) is 18.6.